The van der Waals surface area contributed by atoms with E-state index in [1.54, 1.807) is 14.0 Å². The molecular weight excluding hydrogens is 202 g/mol. The standard InChI is InChI=1S/C12H25N3O/c1-10(2)15(6-7-16-5)11(3)8-12(4,14)9-13/h10-11H,6-8,14H2,1-5H3. The Labute approximate surface area is 99.4 Å². The summed E-state index contributed by atoms with van der Waals surface area (Å²) in [6.45, 7) is 9.75. The number of nitrogens with two attached hydrogens (primary N) is 1. The van der Waals surface area contributed by atoms with E-state index in [1.165, 1.54) is 0 Å². The summed E-state index contributed by atoms with van der Waals surface area (Å²) in [7, 11) is 1.70. The van der Waals surface area contributed by atoms with Crippen molar-refractivity contribution in [3.63, 3.8) is 0 Å². The first-order valence-corrected chi connectivity index (χ1v) is 5.79. The van der Waals surface area contributed by atoms with Crippen LogP contribution in [0.3, 0.4) is 0 Å². The highest BCUT2D eigenvalue weighted by Gasteiger charge is 2.25. The summed E-state index contributed by atoms with van der Waals surface area (Å²) in [5, 5.41) is 8.92. The summed E-state index contributed by atoms with van der Waals surface area (Å²) in [5.74, 6) is 0. The van der Waals surface area contributed by atoms with Crippen LogP contribution >= 0.6 is 0 Å². The monoisotopic (exact) mass is 227 g/mol. The molecule has 2 unspecified atom stereocenters. The van der Waals surface area contributed by atoms with Gasteiger partial charge in [-0.05, 0) is 34.1 Å². The molecule has 0 bridgehead atoms. The van der Waals surface area contributed by atoms with Crippen molar-refractivity contribution in [2.24, 2.45) is 5.73 Å². The highest BCUT2D eigenvalue weighted by Crippen LogP contribution is 2.15. The zero-order chi connectivity index (χ0) is 12.8. The van der Waals surface area contributed by atoms with Gasteiger partial charge in [0.15, 0.2) is 0 Å². The molecule has 0 aliphatic heterocycles. The molecule has 0 aromatic rings. The molecule has 0 saturated heterocycles. The van der Waals surface area contributed by atoms with Gasteiger partial charge in [0.2, 0.25) is 0 Å². The Morgan fingerprint density at radius 2 is 2.00 bits per heavy atom. The molecule has 0 radical (unpaired) electrons. The first kappa shape index (κ1) is 15.4. The lowest BCUT2D eigenvalue weighted by Gasteiger charge is -2.35. The average molecular weight is 227 g/mol. The fraction of sp³-hybridized carbons (Fsp3) is 0.917. The molecule has 0 amide bonds. The van der Waals surface area contributed by atoms with Gasteiger partial charge in [-0.1, -0.05) is 0 Å². The lowest BCUT2D eigenvalue weighted by Crippen LogP contribution is -2.47. The molecule has 94 valence electrons. The first-order valence-electron chi connectivity index (χ1n) is 5.79. The molecular formula is C12H25N3O. The smallest absolute Gasteiger partial charge is 0.102 e. The van der Waals surface area contributed by atoms with Crippen molar-refractivity contribution in [1.29, 1.82) is 5.26 Å². The quantitative estimate of drug-likeness (QED) is 0.713. The van der Waals surface area contributed by atoms with E-state index in [2.05, 4.69) is 31.7 Å². The summed E-state index contributed by atoms with van der Waals surface area (Å²) in [6, 6.07) is 2.85. The lowest BCUT2D eigenvalue weighted by molar-refractivity contribution is 0.0929. The number of nitriles is 1. The van der Waals surface area contributed by atoms with Gasteiger partial charge in [-0.25, -0.2) is 0 Å². The highest BCUT2D eigenvalue weighted by atomic mass is 16.5. The van der Waals surface area contributed by atoms with Crippen LogP contribution in [0.2, 0.25) is 0 Å². The van der Waals surface area contributed by atoms with Crippen LogP contribution in [0.1, 0.15) is 34.1 Å². The molecule has 0 aliphatic carbocycles. The van der Waals surface area contributed by atoms with Gasteiger partial charge in [-0.15, -0.1) is 0 Å². The molecule has 0 saturated carbocycles. The molecule has 2 atom stereocenters. The predicted molar refractivity (Wildman–Crippen MR) is 66.0 cm³/mol. The van der Waals surface area contributed by atoms with Gasteiger partial charge < -0.3 is 10.5 Å². The lowest BCUT2D eigenvalue weighted by atomic mass is 9.95. The molecule has 2 N–H and O–H groups in total. The third-order valence-corrected chi connectivity index (χ3v) is 2.76. The highest BCUT2D eigenvalue weighted by molar-refractivity contribution is 5.02. The minimum absolute atomic E-state index is 0.282. The summed E-state index contributed by atoms with van der Waals surface area (Å²) in [5.41, 5.74) is 5.11. The topological polar surface area (TPSA) is 62.3 Å². The molecule has 0 aliphatic rings. The Hall–Kier alpha value is -0.630. The zero-order valence-corrected chi connectivity index (χ0v) is 11.2. The van der Waals surface area contributed by atoms with Gasteiger partial charge in [-0.3, -0.25) is 4.90 Å². The van der Waals surface area contributed by atoms with E-state index < -0.39 is 5.54 Å². The average Bonchev–Trinajstić information content (AvgIpc) is 2.17. The van der Waals surface area contributed by atoms with E-state index in [1.807, 2.05) is 0 Å². The zero-order valence-electron chi connectivity index (χ0n) is 11.2. The Bertz CT molecular complexity index is 233. The van der Waals surface area contributed by atoms with E-state index in [0.717, 1.165) is 6.54 Å². The van der Waals surface area contributed by atoms with E-state index >= 15 is 0 Å². The number of hydrogen-bond donors (Lipinski definition) is 1. The van der Waals surface area contributed by atoms with Crippen molar-refractivity contribution in [2.45, 2.75) is 51.7 Å². The fourth-order valence-electron chi connectivity index (χ4n) is 1.96. The van der Waals surface area contributed by atoms with Crippen LogP contribution in [0.5, 0.6) is 0 Å². The van der Waals surface area contributed by atoms with Crippen molar-refractivity contribution < 1.29 is 4.74 Å². The minimum atomic E-state index is -0.750. The van der Waals surface area contributed by atoms with E-state index in [4.69, 9.17) is 15.7 Å². The minimum Gasteiger partial charge on any atom is -0.383 e. The van der Waals surface area contributed by atoms with Gasteiger partial charge >= 0.3 is 0 Å². The Morgan fingerprint density at radius 3 is 2.38 bits per heavy atom. The third kappa shape index (κ3) is 5.45. The summed E-state index contributed by atoms with van der Waals surface area (Å²) >= 11 is 0. The molecule has 0 fully saturated rings. The van der Waals surface area contributed by atoms with E-state index in [-0.39, 0.29) is 6.04 Å². The van der Waals surface area contributed by atoms with Crippen LogP contribution < -0.4 is 5.73 Å². The van der Waals surface area contributed by atoms with Crippen molar-refractivity contribution in [1.82, 2.24) is 4.90 Å². The molecule has 0 spiro atoms. The normalized spacial score (nSPS) is 17.2. The van der Waals surface area contributed by atoms with Gasteiger partial charge in [0.1, 0.15) is 5.54 Å². The Morgan fingerprint density at radius 1 is 1.44 bits per heavy atom. The van der Waals surface area contributed by atoms with Crippen LogP contribution in [-0.2, 0) is 4.74 Å². The summed E-state index contributed by atoms with van der Waals surface area (Å²) in [4.78, 5) is 2.31. The molecule has 16 heavy (non-hydrogen) atoms. The summed E-state index contributed by atoms with van der Waals surface area (Å²) < 4.78 is 5.09. The van der Waals surface area contributed by atoms with E-state index in [9.17, 15) is 0 Å². The molecule has 4 nitrogen and oxygen atoms in total. The second-order valence-electron chi connectivity index (χ2n) is 4.91. The van der Waals surface area contributed by atoms with Crippen molar-refractivity contribution in [2.75, 3.05) is 20.3 Å². The summed E-state index contributed by atoms with van der Waals surface area (Å²) in [6.07, 6.45) is 0.672. The molecule has 0 rings (SSSR count). The van der Waals surface area contributed by atoms with Gasteiger partial charge in [-0.2, -0.15) is 5.26 Å². The van der Waals surface area contributed by atoms with Gasteiger partial charge in [0.25, 0.3) is 0 Å². The second-order valence-corrected chi connectivity index (χ2v) is 4.91. The van der Waals surface area contributed by atoms with Gasteiger partial charge in [0, 0.05) is 25.7 Å². The maximum absolute atomic E-state index is 8.92. The molecule has 0 heterocycles. The van der Waals surface area contributed by atoms with Crippen molar-refractivity contribution in [3.05, 3.63) is 0 Å². The van der Waals surface area contributed by atoms with Crippen LogP contribution in [0.15, 0.2) is 0 Å². The van der Waals surface area contributed by atoms with Crippen LogP contribution in [0, 0.1) is 11.3 Å². The molecule has 0 aromatic carbocycles. The molecule has 0 aromatic heterocycles. The van der Waals surface area contributed by atoms with Crippen molar-refractivity contribution in [3.8, 4) is 6.07 Å². The fourth-order valence-corrected chi connectivity index (χ4v) is 1.96. The van der Waals surface area contributed by atoms with Crippen LogP contribution in [0.4, 0.5) is 0 Å². The SMILES string of the molecule is COCCN(C(C)C)C(C)CC(C)(N)C#N. The Balaban J connectivity index is 4.39. The van der Waals surface area contributed by atoms with Crippen molar-refractivity contribution >= 4 is 0 Å². The molecule has 4 heteroatoms. The van der Waals surface area contributed by atoms with Gasteiger partial charge in [0.05, 0.1) is 12.7 Å². The largest absolute Gasteiger partial charge is 0.383 e. The maximum Gasteiger partial charge on any atom is 0.102 e. The Kier molecular flexibility index (Phi) is 6.58. The number of nitrogens with zero attached hydrogens (tertiary/aromatic N) is 2. The predicted octanol–water partition coefficient (Wildman–Crippen LogP) is 1.36. The van der Waals surface area contributed by atoms with Crippen LogP contribution in [0.25, 0.3) is 0 Å². The number of methoxy groups -OCH3 is 1. The second kappa shape index (κ2) is 6.85. The number of rotatable bonds is 7. The maximum atomic E-state index is 8.92. The third-order valence-electron chi connectivity index (χ3n) is 2.76. The first-order chi connectivity index (χ1) is 7.34. The number of ether oxygens (including phenoxy) is 1. The van der Waals surface area contributed by atoms with Crippen LogP contribution in [-0.4, -0.2) is 42.8 Å². The number of hydrogen-bond acceptors (Lipinski definition) is 4. The van der Waals surface area contributed by atoms with E-state index in [0.29, 0.717) is 19.1 Å².